The number of phenolic OH excluding ortho intramolecular Hbond substituents is 1. The molecule has 0 aromatic heterocycles. The third kappa shape index (κ3) is 1.80. The van der Waals surface area contributed by atoms with E-state index in [0.29, 0.717) is 11.8 Å². The van der Waals surface area contributed by atoms with Gasteiger partial charge in [-0.3, -0.25) is 0 Å². The maximum Gasteiger partial charge on any atom is 0.261 e. The zero-order valence-corrected chi connectivity index (χ0v) is 14.4. The van der Waals surface area contributed by atoms with Gasteiger partial charge < -0.3 is 9.84 Å². The van der Waals surface area contributed by atoms with Gasteiger partial charge in [0.25, 0.3) is 5.79 Å². The minimum Gasteiger partial charge on any atom is -0.508 e. The Morgan fingerprint density at radius 3 is 2.21 bits per heavy atom. The zero-order valence-electron chi connectivity index (χ0n) is 14.4. The van der Waals surface area contributed by atoms with Crippen molar-refractivity contribution in [3.8, 4) is 5.75 Å². The smallest absolute Gasteiger partial charge is 0.261 e. The lowest BCUT2D eigenvalue weighted by molar-refractivity contribution is -0.651. The fourth-order valence-electron chi connectivity index (χ4n) is 6.27. The third-order valence-corrected chi connectivity index (χ3v) is 6.79. The van der Waals surface area contributed by atoms with E-state index in [2.05, 4.69) is 0 Å². The van der Waals surface area contributed by atoms with Gasteiger partial charge in [-0.05, 0) is 81.8 Å². The molecule has 1 aliphatic heterocycles. The molecule has 1 heterocycles. The number of phenols is 1. The van der Waals surface area contributed by atoms with Crippen molar-refractivity contribution in [3.63, 3.8) is 0 Å². The second-order valence-corrected chi connectivity index (χ2v) is 8.60. The molecule has 0 radical (unpaired) electrons. The summed E-state index contributed by atoms with van der Waals surface area (Å²) >= 11 is 0. The molecular weight excluding hydrogens is 304 g/mol. The first-order valence-electron chi connectivity index (χ1n) is 9.37. The SMILES string of the molecule is CC(C)OC1(c2cccc(O)c2)OOC12C1CC3CC(C1)CC2C3. The Labute approximate surface area is 143 Å². The predicted molar refractivity (Wildman–Crippen MR) is 88.0 cm³/mol. The fraction of sp³-hybridized carbons (Fsp3) is 0.700. The molecule has 1 N–H and O–H groups in total. The van der Waals surface area contributed by atoms with Crippen LogP contribution in [0.1, 0.15) is 51.5 Å². The summed E-state index contributed by atoms with van der Waals surface area (Å²) in [5.74, 6) is 2.04. The molecule has 1 aromatic carbocycles. The maximum absolute atomic E-state index is 10.0. The lowest BCUT2D eigenvalue weighted by atomic mass is 9.47. The van der Waals surface area contributed by atoms with E-state index in [1.807, 2.05) is 26.0 Å². The molecule has 6 rings (SSSR count). The van der Waals surface area contributed by atoms with Crippen LogP contribution in [0.15, 0.2) is 24.3 Å². The van der Waals surface area contributed by atoms with Crippen molar-refractivity contribution in [2.75, 3.05) is 0 Å². The molecule has 5 fully saturated rings. The van der Waals surface area contributed by atoms with Gasteiger partial charge in [0.15, 0.2) is 5.60 Å². The molecule has 4 nitrogen and oxygen atoms in total. The minimum atomic E-state index is -0.886. The van der Waals surface area contributed by atoms with E-state index < -0.39 is 11.4 Å². The van der Waals surface area contributed by atoms with Crippen LogP contribution in [0.25, 0.3) is 0 Å². The van der Waals surface area contributed by atoms with Crippen molar-refractivity contribution < 1.29 is 19.6 Å². The Balaban J connectivity index is 1.63. The van der Waals surface area contributed by atoms with E-state index in [9.17, 15) is 5.11 Å². The van der Waals surface area contributed by atoms with Crippen molar-refractivity contribution in [1.29, 1.82) is 0 Å². The third-order valence-electron chi connectivity index (χ3n) is 6.79. The molecular formula is C20H26O4. The Bertz CT molecular complexity index is 627. The van der Waals surface area contributed by atoms with Crippen LogP contribution in [0.2, 0.25) is 0 Å². The summed E-state index contributed by atoms with van der Waals surface area (Å²) in [5.41, 5.74) is 0.494. The van der Waals surface area contributed by atoms with Crippen LogP contribution in [0.4, 0.5) is 0 Å². The highest BCUT2D eigenvalue weighted by atomic mass is 17.3. The summed E-state index contributed by atoms with van der Waals surface area (Å²) in [4.78, 5) is 11.8. The summed E-state index contributed by atoms with van der Waals surface area (Å²) in [6, 6.07) is 7.33. The van der Waals surface area contributed by atoms with Crippen LogP contribution in [0.5, 0.6) is 5.75 Å². The van der Waals surface area contributed by atoms with Gasteiger partial charge in [-0.2, -0.15) is 4.89 Å². The van der Waals surface area contributed by atoms with Gasteiger partial charge in [0.2, 0.25) is 0 Å². The van der Waals surface area contributed by atoms with E-state index in [1.165, 1.54) is 32.1 Å². The lowest BCUT2D eigenvalue weighted by Gasteiger charge is -2.69. The first kappa shape index (κ1) is 15.2. The van der Waals surface area contributed by atoms with Gasteiger partial charge in [-0.15, -0.1) is 0 Å². The number of hydrogen-bond acceptors (Lipinski definition) is 4. The molecule has 130 valence electrons. The molecule has 5 aliphatic rings. The van der Waals surface area contributed by atoms with Crippen LogP contribution in [-0.4, -0.2) is 16.8 Å². The molecule has 1 saturated heterocycles. The topological polar surface area (TPSA) is 47.9 Å². The standard InChI is InChI=1S/C20H26O4/c1-12(2)22-20(15-4-3-5-18(21)11-15)19(23-24-20)16-7-13-6-14(9-16)10-17(19)8-13/h3-5,11-14,16-17,21H,6-10H2,1-2H3. The highest BCUT2D eigenvalue weighted by Crippen LogP contribution is 2.69. The van der Waals surface area contributed by atoms with Crippen molar-refractivity contribution >= 4 is 0 Å². The highest BCUT2D eigenvalue weighted by molar-refractivity contribution is 5.35. The summed E-state index contributed by atoms with van der Waals surface area (Å²) in [5, 5.41) is 10.0. The molecule has 1 spiro atoms. The second kappa shape index (κ2) is 4.96. The Morgan fingerprint density at radius 2 is 1.71 bits per heavy atom. The van der Waals surface area contributed by atoms with Crippen molar-refractivity contribution in [2.45, 2.75) is 63.4 Å². The Hall–Kier alpha value is -1.10. The molecule has 1 atom stereocenters. The summed E-state index contributed by atoms with van der Waals surface area (Å²) in [6.45, 7) is 4.08. The minimum absolute atomic E-state index is 0.0188. The first-order valence-corrected chi connectivity index (χ1v) is 9.37. The molecule has 24 heavy (non-hydrogen) atoms. The normalized spacial score (nSPS) is 45.8. The quantitative estimate of drug-likeness (QED) is 0.847. The summed E-state index contributed by atoms with van der Waals surface area (Å²) in [6.07, 6.45) is 6.30. The van der Waals surface area contributed by atoms with Gasteiger partial charge in [0.05, 0.1) is 6.10 Å². The van der Waals surface area contributed by atoms with Crippen LogP contribution >= 0.6 is 0 Å². The van der Waals surface area contributed by atoms with Gasteiger partial charge in [0, 0.05) is 5.56 Å². The Morgan fingerprint density at radius 1 is 1.04 bits per heavy atom. The van der Waals surface area contributed by atoms with Crippen molar-refractivity contribution in [2.24, 2.45) is 23.7 Å². The summed E-state index contributed by atoms with van der Waals surface area (Å²) < 4.78 is 6.44. The zero-order chi connectivity index (χ0) is 16.5. The average Bonchev–Trinajstić information content (AvgIpc) is 2.50. The largest absolute Gasteiger partial charge is 0.508 e. The molecule has 4 heteroatoms. The van der Waals surface area contributed by atoms with Crippen molar-refractivity contribution in [3.05, 3.63) is 29.8 Å². The van der Waals surface area contributed by atoms with E-state index in [-0.39, 0.29) is 11.9 Å². The maximum atomic E-state index is 10.0. The van der Waals surface area contributed by atoms with E-state index in [4.69, 9.17) is 14.5 Å². The number of ether oxygens (including phenoxy) is 1. The number of hydrogen-bond donors (Lipinski definition) is 1. The molecule has 4 bridgehead atoms. The monoisotopic (exact) mass is 330 g/mol. The van der Waals surface area contributed by atoms with E-state index in [1.54, 1.807) is 12.1 Å². The Kier molecular flexibility index (Phi) is 3.14. The number of rotatable bonds is 3. The fourth-order valence-corrected chi connectivity index (χ4v) is 6.27. The molecule has 4 aliphatic carbocycles. The molecule has 0 amide bonds. The predicted octanol–water partition coefficient (Wildman–Crippen LogP) is 4.13. The van der Waals surface area contributed by atoms with E-state index in [0.717, 1.165) is 17.4 Å². The lowest BCUT2D eigenvalue weighted by Crippen LogP contribution is -2.77. The highest BCUT2D eigenvalue weighted by Gasteiger charge is 2.77. The van der Waals surface area contributed by atoms with E-state index >= 15 is 0 Å². The average molecular weight is 330 g/mol. The van der Waals surface area contributed by atoms with Gasteiger partial charge in [-0.1, -0.05) is 12.1 Å². The second-order valence-electron chi connectivity index (χ2n) is 8.60. The molecule has 1 aromatic rings. The van der Waals surface area contributed by atoms with Gasteiger partial charge in [-0.25, -0.2) is 4.89 Å². The van der Waals surface area contributed by atoms with Gasteiger partial charge in [0.1, 0.15) is 5.75 Å². The van der Waals surface area contributed by atoms with Gasteiger partial charge >= 0.3 is 0 Å². The first-order chi connectivity index (χ1) is 11.5. The number of aromatic hydroxyl groups is 1. The van der Waals surface area contributed by atoms with Crippen LogP contribution in [0, 0.1) is 23.7 Å². The molecule has 4 saturated carbocycles. The van der Waals surface area contributed by atoms with Crippen LogP contribution < -0.4 is 0 Å². The number of benzene rings is 1. The van der Waals surface area contributed by atoms with Crippen LogP contribution in [-0.2, 0) is 20.3 Å². The van der Waals surface area contributed by atoms with Crippen molar-refractivity contribution in [1.82, 2.24) is 0 Å². The molecule has 1 unspecified atom stereocenters. The summed E-state index contributed by atoms with van der Waals surface area (Å²) in [7, 11) is 0. The van der Waals surface area contributed by atoms with Crippen LogP contribution in [0.3, 0.4) is 0 Å².